The van der Waals surface area contributed by atoms with E-state index in [4.69, 9.17) is 19.7 Å². The minimum atomic E-state index is -5.08. The maximum atomic E-state index is 13.3. The molecule has 2 aromatic carbocycles. The summed E-state index contributed by atoms with van der Waals surface area (Å²) in [6.07, 6.45) is 6.29. The third-order valence-electron chi connectivity index (χ3n) is 10.8. The zero-order chi connectivity index (χ0) is 41.0. The fourth-order valence-corrected chi connectivity index (χ4v) is 7.65. The number of anilines is 3. The smallest absolute Gasteiger partial charge is 0.490 e. The van der Waals surface area contributed by atoms with Crippen molar-refractivity contribution >= 4 is 57.6 Å². The molecule has 3 aromatic heterocycles. The molecule has 3 fully saturated rings. The van der Waals surface area contributed by atoms with Gasteiger partial charge in [-0.1, -0.05) is 0 Å². The number of carboxylic acid groups (broad SMARTS) is 1. The van der Waals surface area contributed by atoms with Gasteiger partial charge in [0.05, 0.1) is 30.4 Å². The summed E-state index contributed by atoms with van der Waals surface area (Å²) in [5, 5.41) is 22.5. The van der Waals surface area contributed by atoms with Crippen molar-refractivity contribution in [3.63, 3.8) is 0 Å². The van der Waals surface area contributed by atoms with E-state index in [0.717, 1.165) is 67.8 Å². The van der Waals surface area contributed by atoms with E-state index in [1.807, 2.05) is 30.3 Å². The highest BCUT2D eigenvalue weighted by Gasteiger charge is 2.38. The topological polar surface area (TPSA) is 180 Å². The molecule has 0 radical (unpaired) electrons. The minimum Gasteiger partial charge on any atom is -0.496 e. The summed E-state index contributed by atoms with van der Waals surface area (Å²) < 4.78 is 41.0. The molecule has 2 saturated heterocycles. The number of hydrogen-bond acceptors (Lipinski definition) is 10. The third kappa shape index (κ3) is 9.14. The third-order valence-corrected chi connectivity index (χ3v) is 10.8. The number of imide groups is 1. The predicted molar refractivity (Wildman–Crippen MR) is 207 cm³/mol. The van der Waals surface area contributed by atoms with Crippen LogP contribution in [0.3, 0.4) is 0 Å². The SMILES string of the molecule is COc1cc2nn(C3CCC(CCN4CCN(c5ccc(N6CCC(=O)NC6=O)cc5)CC4)CC3)cc2cc1C(=O)Nc1cnc2cccnn12.O=C(O)C(F)(F)F. The Kier molecular flexibility index (Phi) is 11.8. The van der Waals surface area contributed by atoms with Crippen molar-refractivity contribution in [3.05, 3.63) is 72.7 Å². The Bertz CT molecular complexity index is 2280. The molecule has 58 heavy (non-hydrogen) atoms. The maximum Gasteiger partial charge on any atom is 0.490 e. The molecule has 306 valence electrons. The molecule has 0 spiro atoms. The fraction of sp³-hybridized carbons (Fsp3) is 0.410. The zero-order valence-corrected chi connectivity index (χ0v) is 31.7. The van der Waals surface area contributed by atoms with Gasteiger partial charge in [0.25, 0.3) is 5.91 Å². The van der Waals surface area contributed by atoms with Crippen LogP contribution in [0.15, 0.2) is 67.1 Å². The summed E-state index contributed by atoms with van der Waals surface area (Å²) in [6, 6.07) is 15.4. The number of piperazine rings is 1. The first kappa shape index (κ1) is 40.0. The summed E-state index contributed by atoms with van der Waals surface area (Å²) in [7, 11) is 1.57. The predicted octanol–water partition coefficient (Wildman–Crippen LogP) is 5.36. The van der Waals surface area contributed by atoms with Gasteiger partial charge >= 0.3 is 18.2 Å². The van der Waals surface area contributed by atoms with Gasteiger partial charge in [-0.2, -0.15) is 27.9 Å². The molecule has 1 aliphatic carbocycles. The zero-order valence-electron chi connectivity index (χ0n) is 31.7. The van der Waals surface area contributed by atoms with E-state index in [2.05, 4.69) is 53.5 Å². The number of carboxylic acids is 1. The first-order valence-corrected chi connectivity index (χ1v) is 19.0. The van der Waals surface area contributed by atoms with Crippen LogP contribution in [-0.4, -0.2) is 111 Å². The molecule has 8 rings (SSSR count). The lowest BCUT2D eigenvalue weighted by molar-refractivity contribution is -0.192. The molecule has 3 aliphatic rings. The molecule has 0 atom stereocenters. The summed E-state index contributed by atoms with van der Waals surface area (Å²) in [6.45, 7) is 5.55. The normalized spacial score (nSPS) is 19.1. The van der Waals surface area contributed by atoms with Gasteiger partial charge in [0, 0.05) is 74.4 Å². The van der Waals surface area contributed by atoms with Crippen molar-refractivity contribution in [1.29, 1.82) is 0 Å². The van der Waals surface area contributed by atoms with E-state index in [0.29, 0.717) is 47.7 Å². The number of benzene rings is 2. The average Bonchev–Trinajstić information content (AvgIpc) is 3.84. The van der Waals surface area contributed by atoms with Crippen molar-refractivity contribution in [2.45, 2.75) is 50.7 Å². The van der Waals surface area contributed by atoms with Gasteiger partial charge in [0.15, 0.2) is 11.5 Å². The lowest BCUT2D eigenvalue weighted by Gasteiger charge is -2.37. The molecule has 1 saturated carbocycles. The molecule has 3 N–H and O–H groups in total. The average molecular weight is 805 g/mol. The maximum absolute atomic E-state index is 13.3. The molecular weight excluding hydrogens is 761 g/mol. The van der Waals surface area contributed by atoms with Crippen LogP contribution in [-0.2, 0) is 9.59 Å². The lowest BCUT2D eigenvalue weighted by atomic mass is 9.84. The highest BCUT2D eigenvalue weighted by molar-refractivity contribution is 6.08. The largest absolute Gasteiger partial charge is 0.496 e. The molecule has 5 heterocycles. The molecule has 16 nitrogen and oxygen atoms in total. The number of imidazole rings is 1. The number of carbonyl (C=O) groups is 4. The number of carbonyl (C=O) groups excluding carboxylic acids is 3. The van der Waals surface area contributed by atoms with Crippen LogP contribution in [0.1, 0.15) is 54.9 Å². The number of nitrogens with zero attached hydrogens (tertiary/aromatic N) is 8. The highest BCUT2D eigenvalue weighted by atomic mass is 19.4. The first-order valence-electron chi connectivity index (χ1n) is 19.0. The van der Waals surface area contributed by atoms with E-state index in [1.54, 1.807) is 35.0 Å². The van der Waals surface area contributed by atoms with E-state index in [-0.39, 0.29) is 17.8 Å². The van der Waals surface area contributed by atoms with Gasteiger partial charge in [0.2, 0.25) is 5.91 Å². The quantitative estimate of drug-likeness (QED) is 0.175. The van der Waals surface area contributed by atoms with Crippen LogP contribution < -0.4 is 25.2 Å². The number of fused-ring (bicyclic) bond motifs is 2. The van der Waals surface area contributed by atoms with Crippen LogP contribution in [0.2, 0.25) is 0 Å². The van der Waals surface area contributed by atoms with E-state index in [1.165, 1.54) is 19.3 Å². The van der Waals surface area contributed by atoms with Crippen molar-refractivity contribution in [3.8, 4) is 5.75 Å². The summed E-state index contributed by atoms with van der Waals surface area (Å²) in [5.41, 5.74) is 3.86. The number of methoxy groups -OCH3 is 1. The lowest BCUT2D eigenvalue weighted by Crippen LogP contribution is -2.49. The Morgan fingerprint density at radius 3 is 2.36 bits per heavy atom. The number of aliphatic carboxylic acids is 1. The number of urea groups is 1. The summed E-state index contributed by atoms with van der Waals surface area (Å²) in [4.78, 5) is 56.8. The van der Waals surface area contributed by atoms with Crippen LogP contribution >= 0.6 is 0 Å². The second-order valence-electron chi connectivity index (χ2n) is 14.5. The standard InChI is InChI=1S/C37H42N10O4.C2HF3O2/c1-51-32-22-31-26(21-30(32)36(49)40-34-23-38-33-3-2-14-39-47(33)34)24-46(42-31)29-6-4-25(5-7-29)12-15-43-17-19-44(20-18-43)27-8-10-28(11-9-27)45-16-13-35(48)41-37(45)50;3-2(4,5)1(6)7/h2-3,8-11,14,21-25,29H,4-7,12-13,15-20H2,1H3,(H,40,49)(H,41,48,50);(H,6,7). The van der Waals surface area contributed by atoms with E-state index in [9.17, 15) is 27.6 Å². The second-order valence-corrected chi connectivity index (χ2v) is 14.5. The molecule has 19 heteroatoms. The number of aromatic nitrogens is 5. The Hall–Kier alpha value is -6.24. The number of rotatable bonds is 9. The number of amides is 4. The second kappa shape index (κ2) is 17.1. The van der Waals surface area contributed by atoms with Gasteiger partial charge in [-0.15, -0.1) is 0 Å². The number of alkyl halides is 3. The number of nitrogens with one attached hydrogen (secondary N) is 2. The van der Waals surface area contributed by atoms with Crippen LogP contribution in [0.4, 0.5) is 35.2 Å². The highest BCUT2D eigenvalue weighted by Crippen LogP contribution is 2.35. The minimum absolute atomic E-state index is 0.220. The Labute approximate surface area is 330 Å². The van der Waals surface area contributed by atoms with Crippen molar-refractivity contribution in [2.24, 2.45) is 5.92 Å². The Balaban J connectivity index is 0.000000672. The molecule has 4 amide bonds. The Morgan fingerprint density at radius 2 is 1.69 bits per heavy atom. The van der Waals surface area contributed by atoms with Crippen molar-refractivity contribution in [2.75, 3.05) is 61.5 Å². The molecule has 5 aromatic rings. The molecule has 0 unspecified atom stereocenters. The summed E-state index contributed by atoms with van der Waals surface area (Å²) in [5.74, 6) is -1.60. The van der Waals surface area contributed by atoms with E-state index < -0.39 is 12.1 Å². The van der Waals surface area contributed by atoms with Crippen LogP contribution in [0, 0.1) is 5.92 Å². The first-order chi connectivity index (χ1) is 27.9. The number of ether oxygens (including phenoxy) is 1. The molecule has 0 bridgehead atoms. The monoisotopic (exact) mass is 804 g/mol. The summed E-state index contributed by atoms with van der Waals surface area (Å²) >= 11 is 0. The molecular formula is C39H43F3N10O6. The van der Waals surface area contributed by atoms with E-state index >= 15 is 0 Å². The Morgan fingerprint density at radius 1 is 0.983 bits per heavy atom. The van der Waals surface area contributed by atoms with Gasteiger partial charge in [-0.05, 0) is 87.0 Å². The van der Waals surface area contributed by atoms with Crippen LogP contribution in [0.5, 0.6) is 5.75 Å². The van der Waals surface area contributed by atoms with Gasteiger partial charge in [-0.3, -0.25) is 29.4 Å². The fourth-order valence-electron chi connectivity index (χ4n) is 7.65. The van der Waals surface area contributed by atoms with Gasteiger partial charge in [0.1, 0.15) is 5.75 Å². The molecule has 2 aliphatic heterocycles. The van der Waals surface area contributed by atoms with Gasteiger partial charge in [-0.25, -0.2) is 14.6 Å². The van der Waals surface area contributed by atoms with Crippen molar-refractivity contribution in [1.82, 2.24) is 34.6 Å². The number of halogens is 3. The number of hydrogen-bond donors (Lipinski definition) is 3. The van der Waals surface area contributed by atoms with Crippen molar-refractivity contribution < 1.29 is 42.2 Å². The van der Waals surface area contributed by atoms with Gasteiger partial charge < -0.3 is 20.1 Å². The van der Waals surface area contributed by atoms with Crippen LogP contribution in [0.25, 0.3) is 16.6 Å².